The molecule has 1 aromatic carbocycles. The zero-order valence-corrected chi connectivity index (χ0v) is 14.3. The molecule has 25 heavy (non-hydrogen) atoms. The van der Waals surface area contributed by atoms with Gasteiger partial charge in [0.15, 0.2) is 17.1 Å². The molecule has 0 aliphatic carbocycles. The topological polar surface area (TPSA) is 92.5 Å². The second kappa shape index (κ2) is 6.39. The maximum Gasteiger partial charge on any atom is 0.374 e. The predicted octanol–water partition coefficient (Wildman–Crippen LogP) is 1.68. The molecule has 3 aromatic rings. The van der Waals surface area contributed by atoms with Crippen LogP contribution in [0.25, 0.3) is 21.9 Å². The summed E-state index contributed by atoms with van der Waals surface area (Å²) in [6.07, 6.45) is 0. The first-order chi connectivity index (χ1) is 12.0. The summed E-state index contributed by atoms with van der Waals surface area (Å²) in [4.78, 5) is 33.2. The number of carbonyl (C=O) groups is 1. The van der Waals surface area contributed by atoms with Crippen molar-refractivity contribution in [1.29, 1.82) is 0 Å². The standard InChI is InChI=1S/C17H17N3O5/c1-5-25-17(22)15-19-14-10(16(21)20(15)2)6-9-7-12(23-3)13(24-4)8-11(9)18-14/h6-8H,5H2,1-4H3. The number of benzene rings is 1. The van der Waals surface area contributed by atoms with Crippen LogP contribution >= 0.6 is 0 Å². The zero-order valence-electron chi connectivity index (χ0n) is 14.3. The van der Waals surface area contributed by atoms with Gasteiger partial charge in [-0.1, -0.05) is 0 Å². The number of nitrogens with zero attached hydrogens (tertiary/aromatic N) is 3. The summed E-state index contributed by atoms with van der Waals surface area (Å²) in [6, 6.07) is 5.10. The van der Waals surface area contributed by atoms with E-state index in [0.29, 0.717) is 27.8 Å². The molecule has 0 unspecified atom stereocenters. The Morgan fingerprint density at radius 2 is 1.80 bits per heavy atom. The van der Waals surface area contributed by atoms with E-state index in [4.69, 9.17) is 14.2 Å². The van der Waals surface area contributed by atoms with Gasteiger partial charge in [0, 0.05) is 18.5 Å². The molecular formula is C17H17N3O5. The van der Waals surface area contributed by atoms with Gasteiger partial charge in [-0.15, -0.1) is 0 Å². The summed E-state index contributed by atoms with van der Waals surface area (Å²) < 4.78 is 16.6. The van der Waals surface area contributed by atoms with Crippen molar-refractivity contribution in [3.8, 4) is 11.5 Å². The van der Waals surface area contributed by atoms with Crippen LogP contribution in [0, 0.1) is 0 Å². The molecule has 0 saturated carbocycles. The number of fused-ring (bicyclic) bond motifs is 2. The minimum Gasteiger partial charge on any atom is -0.493 e. The average Bonchev–Trinajstić information content (AvgIpc) is 2.62. The third-order valence-electron chi connectivity index (χ3n) is 3.82. The SMILES string of the molecule is CCOC(=O)c1nc2nc3cc(OC)c(OC)cc3cc2c(=O)n1C. The number of aromatic nitrogens is 3. The lowest BCUT2D eigenvalue weighted by Gasteiger charge is -2.11. The Bertz CT molecular complexity index is 1040. The molecule has 8 nitrogen and oxygen atoms in total. The minimum absolute atomic E-state index is 0.0910. The van der Waals surface area contributed by atoms with E-state index in [0.717, 1.165) is 4.57 Å². The van der Waals surface area contributed by atoms with Crippen molar-refractivity contribution in [3.63, 3.8) is 0 Å². The number of hydrogen-bond donors (Lipinski definition) is 0. The fourth-order valence-corrected chi connectivity index (χ4v) is 2.56. The van der Waals surface area contributed by atoms with Crippen LogP contribution in [0.3, 0.4) is 0 Å². The molecule has 0 radical (unpaired) electrons. The third kappa shape index (κ3) is 2.75. The lowest BCUT2D eigenvalue weighted by Crippen LogP contribution is -2.26. The van der Waals surface area contributed by atoms with Gasteiger partial charge in [0.1, 0.15) is 0 Å². The van der Waals surface area contributed by atoms with Crippen molar-refractivity contribution in [2.45, 2.75) is 6.92 Å². The molecule has 0 saturated heterocycles. The van der Waals surface area contributed by atoms with E-state index in [-0.39, 0.29) is 23.6 Å². The van der Waals surface area contributed by atoms with Crippen LogP contribution < -0.4 is 15.0 Å². The quantitative estimate of drug-likeness (QED) is 0.525. The summed E-state index contributed by atoms with van der Waals surface area (Å²) in [5, 5.41) is 1.00. The maximum absolute atomic E-state index is 12.6. The molecule has 0 N–H and O–H groups in total. The van der Waals surface area contributed by atoms with Crippen molar-refractivity contribution in [2.24, 2.45) is 7.05 Å². The summed E-state index contributed by atoms with van der Waals surface area (Å²) in [7, 11) is 4.53. The van der Waals surface area contributed by atoms with Crippen molar-refractivity contribution in [1.82, 2.24) is 14.5 Å². The Hall–Kier alpha value is -3.16. The van der Waals surface area contributed by atoms with Gasteiger partial charge in [0.25, 0.3) is 5.56 Å². The molecule has 2 heterocycles. The zero-order chi connectivity index (χ0) is 18.1. The van der Waals surface area contributed by atoms with Crippen molar-refractivity contribution in [2.75, 3.05) is 20.8 Å². The highest BCUT2D eigenvalue weighted by molar-refractivity contribution is 5.94. The molecule has 0 amide bonds. The summed E-state index contributed by atoms with van der Waals surface area (Å²) in [6.45, 7) is 1.87. The Labute approximate surface area is 143 Å². The van der Waals surface area contributed by atoms with E-state index in [2.05, 4.69) is 9.97 Å². The second-order valence-corrected chi connectivity index (χ2v) is 5.28. The normalized spacial score (nSPS) is 10.9. The van der Waals surface area contributed by atoms with Crippen LogP contribution in [0.15, 0.2) is 23.0 Å². The van der Waals surface area contributed by atoms with E-state index in [1.54, 1.807) is 25.1 Å². The molecule has 0 bridgehead atoms. The molecule has 0 fully saturated rings. The summed E-state index contributed by atoms with van der Waals surface area (Å²) in [5.74, 6) is 0.283. The fourth-order valence-electron chi connectivity index (χ4n) is 2.56. The highest BCUT2D eigenvalue weighted by atomic mass is 16.5. The van der Waals surface area contributed by atoms with Crippen molar-refractivity contribution < 1.29 is 19.0 Å². The van der Waals surface area contributed by atoms with Gasteiger partial charge in [0.05, 0.1) is 31.7 Å². The number of esters is 1. The van der Waals surface area contributed by atoms with E-state index < -0.39 is 5.97 Å². The lowest BCUT2D eigenvalue weighted by atomic mass is 10.1. The number of pyridine rings is 1. The van der Waals surface area contributed by atoms with Gasteiger partial charge in [-0.2, -0.15) is 0 Å². The van der Waals surface area contributed by atoms with Gasteiger partial charge in [-0.25, -0.2) is 14.8 Å². The van der Waals surface area contributed by atoms with Gasteiger partial charge >= 0.3 is 5.97 Å². The lowest BCUT2D eigenvalue weighted by molar-refractivity contribution is 0.0506. The molecule has 0 aliphatic heterocycles. The van der Waals surface area contributed by atoms with E-state index in [9.17, 15) is 9.59 Å². The van der Waals surface area contributed by atoms with Crippen molar-refractivity contribution >= 4 is 27.9 Å². The van der Waals surface area contributed by atoms with E-state index >= 15 is 0 Å². The Morgan fingerprint density at radius 3 is 2.44 bits per heavy atom. The van der Waals surface area contributed by atoms with Crippen LogP contribution in [0.5, 0.6) is 11.5 Å². The Kier molecular flexibility index (Phi) is 4.26. The number of methoxy groups -OCH3 is 2. The molecule has 0 atom stereocenters. The number of hydrogen-bond acceptors (Lipinski definition) is 7. The molecule has 130 valence electrons. The highest BCUT2D eigenvalue weighted by Crippen LogP contribution is 2.32. The Morgan fingerprint density at radius 1 is 1.12 bits per heavy atom. The Balaban J connectivity index is 2.32. The molecule has 8 heteroatoms. The first-order valence-corrected chi connectivity index (χ1v) is 7.60. The van der Waals surface area contributed by atoms with Gasteiger partial charge in [-0.05, 0) is 19.1 Å². The van der Waals surface area contributed by atoms with Gasteiger partial charge in [0.2, 0.25) is 5.82 Å². The van der Waals surface area contributed by atoms with Crippen LogP contribution in [0.1, 0.15) is 17.5 Å². The van der Waals surface area contributed by atoms with E-state index in [1.807, 2.05) is 0 Å². The van der Waals surface area contributed by atoms with Gasteiger partial charge < -0.3 is 14.2 Å². The number of rotatable bonds is 4. The molecule has 0 aliphatic rings. The minimum atomic E-state index is -0.668. The van der Waals surface area contributed by atoms with Crippen LogP contribution in [-0.4, -0.2) is 41.3 Å². The van der Waals surface area contributed by atoms with Crippen LogP contribution in [-0.2, 0) is 11.8 Å². The monoisotopic (exact) mass is 343 g/mol. The van der Waals surface area contributed by atoms with Gasteiger partial charge in [-0.3, -0.25) is 9.36 Å². The molecule has 3 rings (SSSR count). The summed E-state index contributed by atoms with van der Waals surface area (Å²) >= 11 is 0. The molecule has 2 aromatic heterocycles. The van der Waals surface area contributed by atoms with Crippen LogP contribution in [0.4, 0.5) is 0 Å². The highest BCUT2D eigenvalue weighted by Gasteiger charge is 2.18. The summed E-state index contributed by atoms with van der Waals surface area (Å²) in [5.41, 5.74) is 0.365. The average molecular weight is 343 g/mol. The third-order valence-corrected chi connectivity index (χ3v) is 3.82. The largest absolute Gasteiger partial charge is 0.493 e. The molecular weight excluding hydrogens is 326 g/mol. The van der Waals surface area contributed by atoms with E-state index in [1.165, 1.54) is 21.3 Å². The second-order valence-electron chi connectivity index (χ2n) is 5.28. The molecule has 0 spiro atoms. The smallest absolute Gasteiger partial charge is 0.374 e. The number of ether oxygens (including phenoxy) is 3. The maximum atomic E-state index is 12.6. The first kappa shape index (κ1) is 16.7. The van der Waals surface area contributed by atoms with Crippen molar-refractivity contribution in [3.05, 3.63) is 34.4 Å². The predicted molar refractivity (Wildman–Crippen MR) is 91.3 cm³/mol. The van der Waals surface area contributed by atoms with Crippen LogP contribution in [0.2, 0.25) is 0 Å². The first-order valence-electron chi connectivity index (χ1n) is 7.60. The fraction of sp³-hybridized carbons (Fsp3) is 0.294. The number of carbonyl (C=O) groups excluding carboxylic acids is 1.